The molecule has 804 valence electrons. The molecular formula is C94H167N3O41. The number of unbranched alkanes of at least 4 members (excludes halogenated alkanes) is 28. The number of amides is 3. The summed E-state index contributed by atoms with van der Waals surface area (Å²) >= 11 is 0. The van der Waals surface area contributed by atoms with E-state index in [1.54, 1.807) is 6.08 Å². The minimum absolute atomic E-state index is 0.134. The van der Waals surface area contributed by atoms with Crippen LogP contribution in [-0.2, 0) is 90.2 Å². The van der Waals surface area contributed by atoms with Crippen molar-refractivity contribution in [1.82, 2.24) is 16.0 Å². The second-order valence-corrected chi connectivity index (χ2v) is 38.0. The molecule has 44 nitrogen and oxygen atoms in total. The van der Waals surface area contributed by atoms with Gasteiger partial charge in [-0.3, -0.25) is 14.4 Å². The summed E-state index contributed by atoms with van der Waals surface area (Å²) in [6, 6.07) is -5.15. The highest BCUT2D eigenvalue weighted by Crippen LogP contribution is 2.41. The van der Waals surface area contributed by atoms with Crippen molar-refractivity contribution < 1.29 is 203 Å². The number of aliphatic hydroxyl groups excluding tert-OH is 22. The molecule has 8 saturated heterocycles. The van der Waals surface area contributed by atoms with Crippen LogP contribution in [0.2, 0.25) is 0 Å². The smallest absolute Gasteiger partial charge is 0.220 e. The number of hydrogen-bond acceptors (Lipinski definition) is 41. The Labute approximate surface area is 808 Å². The Bertz CT molecular complexity index is 3390. The summed E-state index contributed by atoms with van der Waals surface area (Å²) in [5.74, 6) is -2.33. The third-order valence-electron chi connectivity index (χ3n) is 27.0. The van der Waals surface area contributed by atoms with Crippen molar-refractivity contribution in [1.29, 1.82) is 0 Å². The monoisotopic (exact) mass is 1990 g/mol. The van der Waals surface area contributed by atoms with E-state index in [9.17, 15) is 127 Å². The molecular weight excluding hydrogens is 1830 g/mol. The lowest BCUT2D eigenvalue weighted by atomic mass is 9.93. The first kappa shape index (κ1) is 120. The molecule has 0 bridgehead atoms. The lowest BCUT2D eigenvalue weighted by molar-refractivity contribution is -0.399. The maximum Gasteiger partial charge on any atom is 0.220 e. The number of rotatable bonds is 61. The van der Waals surface area contributed by atoms with Crippen LogP contribution < -0.4 is 16.0 Å². The fourth-order valence-electron chi connectivity index (χ4n) is 18.7. The van der Waals surface area contributed by atoms with E-state index < -0.39 is 316 Å². The minimum atomic E-state index is -2.50. The highest BCUT2D eigenvalue weighted by molar-refractivity contribution is 5.76. The summed E-state index contributed by atoms with van der Waals surface area (Å²) in [6.45, 7) is 1.75. The first-order valence-electron chi connectivity index (χ1n) is 50.4. The standard InChI is InChI=1S/C94H167N3O41/c1-7-9-11-13-15-17-19-21-22-23-24-25-26-27-28-30-32-34-36-38-40-42-62(107)97-54(55(106)41-39-37-35-33-31-29-20-18-16-14-12-10-8-2)49-123-89-77(120)73(116)80(59(46-101)131-89)132-93-78(121)85(68(111)57(44-99)127-93)137-88-64(96-53(6)105)84(81(60(47-102)129-88)133-90-74(117)70(113)65(108)50(3)124-90)136-94-79(122)86(69(112)58(45-100)128-94)138-87-63(95-52(5)104)83(135-91-75(118)71(114)66(109)51(4)125-91)82(61(48-103)130-87)134-92-76(119)72(115)67(110)56(43-98)126-92/h21-22,39,41,50-51,54-61,63-94,98-103,106,108-122H,7-20,23-38,40,42-49H2,1-6H3,(H,95,104)(H,96,105)(H,97,107)/b22-21-,41-39+/t50?,51?,54-,55+,56?,57?,58?,59?,60?,61?,63?,64?,65+,66+,67-,68-,69-,70?,71?,72-,73+,74-,75-,76?,77?,78?,79?,80+,81+,82+,83+,84+,85-,86-,87-,88-,89+,90+,91+,92-,93-,94-/m0/s1. The molecule has 8 heterocycles. The molecule has 0 aromatic heterocycles. The molecule has 25 N–H and O–H groups in total. The Kier molecular flexibility index (Phi) is 54.2. The second-order valence-electron chi connectivity index (χ2n) is 38.0. The topological polar surface area (TPSA) is 680 Å². The van der Waals surface area contributed by atoms with E-state index in [1.165, 1.54) is 136 Å². The summed E-state index contributed by atoms with van der Waals surface area (Å²) < 4.78 is 97.9. The molecule has 44 heteroatoms. The number of nitrogens with one attached hydrogen (secondary N) is 3. The van der Waals surface area contributed by atoms with Crippen LogP contribution in [0.25, 0.3) is 0 Å². The van der Waals surface area contributed by atoms with Crippen molar-refractivity contribution in [3.63, 3.8) is 0 Å². The van der Waals surface area contributed by atoms with Gasteiger partial charge in [0, 0.05) is 20.3 Å². The van der Waals surface area contributed by atoms with Crippen LogP contribution in [0.1, 0.15) is 247 Å². The molecule has 8 rings (SSSR count). The van der Waals surface area contributed by atoms with Gasteiger partial charge >= 0.3 is 0 Å². The second kappa shape index (κ2) is 62.5. The van der Waals surface area contributed by atoms with Gasteiger partial charge in [0.2, 0.25) is 17.7 Å². The molecule has 0 radical (unpaired) electrons. The van der Waals surface area contributed by atoms with Crippen molar-refractivity contribution in [3.8, 4) is 0 Å². The average Bonchev–Trinajstić information content (AvgIpc) is 0.756. The molecule has 16 unspecified atom stereocenters. The maximum absolute atomic E-state index is 13.8. The molecule has 42 atom stereocenters. The molecule has 0 saturated carbocycles. The number of allylic oxidation sites excluding steroid dienone is 3. The largest absolute Gasteiger partial charge is 0.394 e. The molecule has 0 aliphatic carbocycles. The summed E-state index contributed by atoms with van der Waals surface area (Å²) in [6.07, 6.45) is -34.7. The van der Waals surface area contributed by atoms with E-state index >= 15 is 0 Å². The van der Waals surface area contributed by atoms with Crippen LogP contribution in [0.3, 0.4) is 0 Å². The SMILES string of the molecule is CCCCCCCC/C=C\CCCCCCCCCCCCCC(=O)N[C@@H](CO[C@@H]1OC(CO)[C@@H](O[C@@H]2OC(CO)[C@H](O)[C@H](O[C@@H]3OC(CO)[C@@H](O[C@H]4OC(C)[C@@H](O)C(O)[C@@H]4O)[C@H](O[C@@H]4OC(CO)[C@H](O)[C@H](O[C@@H]5OC(CO)[C@@H](O[C@@H]6OC(CO)[C@H](O)[C@H](O)C6O)[C@H](O[C@H]6OC(C)[C@@H](O)C(O)[C@@H]6O)C5NC(C)=O)C4O)C3NC(C)=O)C2O)[C@H](O)C1O)[C@H](O)/C=C/CCCCCCCCCCCCC. The third kappa shape index (κ3) is 35.0. The van der Waals surface area contributed by atoms with Gasteiger partial charge in [0.25, 0.3) is 0 Å². The Hall–Kier alpha value is -3.63. The van der Waals surface area contributed by atoms with Gasteiger partial charge < -0.3 is 204 Å². The van der Waals surface area contributed by atoms with Crippen molar-refractivity contribution >= 4 is 17.7 Å². The summed E-state index contributed by atoms with van der Waals surface area (Å²) in [7, 11) is 0. The Morgan fingerprint density at radius 3 is 0.964 bits per heavy atom. The molecule has 0 spiro atoms. The molecule has 0 aromatic rings. The molecule has 3 amide bonds. The van der Waals surface area contributed by atoms with Gasteiger partial charge in [-0.15, -0.1) is 0 Å². The normalized spacial score (nSPS) is 39.2. The van der Waals surface area contributed by atoms with Gasteiger partial charge in [-0.25, -0.2) is 0 Å². The van der Waals surface area contributed by atoms with Crippen molar-refractivity contribution in [2.75, 3.05) is 46.2 Å². The van der Waals surface area contributed by atoms with Gasteiger partial charge in [-0.1, -0.05) is 192 Å². The molecule has 8 aliphatic rings. The van der Waals surface area contributed by atoms with Crippen LogP contribution in [0.15, 0.2) is 24.3 Å². The predicted molar refractivity (Wildman–Crippen MR) is 484 cm³/mol. The average molecular weight is 2000 g/mol. The van der Waals surface area contributed by atoms with Crippen LogP contribution >= 0.6 is 0 Å². The highest BCUT2D eigenvalue weighted by atomic mass is 16.8. The maximum atomic E-state index is 13.8. The molecule has 138 heavy (non-hydrogen) atoms. The van der Waals surface area contributed by atoms with Gasteiger partial charge in [0.1, 0.15) is 183 Å². The minimum Gasteiger partial charge on any atom is -0.394 e. The van der Waals surface area contributed by atoms with Gasteiger partial charge in [0.05, 0.1) is 70.6 Å². The zero-order valence-electron chi connectivity index (χ0n) is 80.7. The van der Waals surface area contributed by atoms with Crippen molar-refractivity contribution in [2.24, 2.45) is 0 Å². The molecule has 0 aromatic carbocycles. The lowest BCUT2D eigenvalue weighted by Crippen LogP contribution is -2.72. The number of ether oxygens (including phenoxy) is 16. The highest BCUT2D eigenvalue weighted by Gasteiger charge is 2.62. The number of carbonyl (C=O) groups excluding carboxylic acids is 3. The zero-order valence-corrected chi connectivity index (χ0v) is 80.7. The predicted octanol–water partition coefficient (Wildman–Crippen LogP) is -2.60. The van der Waals surface area contributed by atoms with E-state index in [2.05, 4.69) is 41.9 Å². The van der Waals surface area contributed by atoms with E-state index in [0.717, 1.165) is 78.1 Å². The van der Waals surface area contributed by atoms with Crippen LogP contribution in [0.4, 0.5) is 0 Å². The van der Waals surface area contributed by atoms with Crippen molar-refractivity contribution in [2.45, 2.75) is 505 Å². The number of carbonyl (C=O) groups is 3. The summed E-state index contributed by atoms with van der Waals surface area (Å²) in [4.78, 5) is 41.0. The quantitative estimate of drug-likeness (QED) is 0.0219. The summed E-state index contributed by atoms with van der Waals surface area (Å²) in [5.41, 5.74) is 0. The summed E-state index contributed by atoms with van der Waals surface area (Å²) in [5, 5.41) is 258. The first-order valence-corrected chi connectivity index (χ1v) is 50.4. The third-order valence-corrected chi connectivity index (χ3v) is 27.0. The van der Waals surface area contributed by atoms with Crippen LogP contribution in [0, 0.1) is 0 Å². The van der Waals surface area contributed by atoms with E-state index in [0.29, 0.717) is 12.8 Å². The fraction of sp³-hybridized carbons (Fsp3) is 0.926. The molecule has 8 fully saturated rings. The Morgan fingerprint density at radius 2 is 0.587 bits per heavy atom. The number of hydrogen-bond donors (Lipinski definition) is 25. The van der Waals surface area contributed by atoms with E-state index in [-0.39, 0.29) is 12.3 Å². The van der Waals surface area contributed by atoms with Gasteiger partial charge in [0.15, 0.2) is 50.3 Å². The lowest BCUT2D eigenvalue weighted by Gasteiger charge is -2.52. The Morgan fingerprint density at radius 1 is 0.297 bits per heavy atom. The van der Waals surface area contributed by atoms with E-state index in [1.807, 2.05) is 6.08 Å². The zero-order chi connectivity index (χ0) is 101. The van der Waals surface area contributed by atoms with Gasteiger partial charge in [-0.2, -0.15) is 0 Å². The number of aliphatic hydroxyl groups is 22. The Balaban J connectivity index is 0.987. The first-order chi connectivity index (χ1) is 66.2. The fourth-order valence-corrected chi connectivity index (χ4v) is 18.7. The van der Waals surface area contributed by atoms with Gasteiger partial charge in [-0.05, 0) is 58.8 Å². The van der Waals surface area contributed by atoms with Crippen LogP contribution in [-0.4, -0.2) is 434 Å². The van der Waals surface area contributed by atoms with E-state index in [4.69, 9.17) is 75.8 Å². The van der Waals surface area contributed by atoms with Crippen molar-refractivity contribution in [3.05, 3.63) is 24.3 Å². The van der Waals surface area contributed by atoms with Crippen LogP contribution in [0.5, 0.6) is 0 Å². The molecule has 8 aliphatic heterocycles.